The lowest BCUT2D eigenvalue weighted by Crippen LogP contribution is -2.33. The number of carbonyl (C=O) groups is 1. The number of hydrogen-bond acceptors (Lipinski definition) is 6. The van der Waals surface area contributed by atoms with E-state index >= 15 is 0 Å². The number of rotatable bonds is 8. The molecule has 1 aliphatic rings. The fourth-order valence-electron chi connectivity index (χ4n) is 3.36. The van der Waals surface area contributed by atoms with Crippen molar-refractivity contribution in [2.24, 2.45) is 0 Å². The second-order valence-corrected chi connectivity index (χ2v) is 9.42. The maximum Gasteiger partial charge on any atom is 0.258 e. The molecule has 0 spiro atoms. The molecule has 1 aromatic carbocycles. The van der Waals surface area contributed by atoms with Crippen molar-refractivity contribution < 1.29 is 17.9 Å². The summed E-state index contributed by atoms with van der Waals surface area (Å²) in [6.07, 6.45) is 8.98. The molecule has 0 bridgehead atoms. The Morgan fingerprint density at radius 2 is 1.97 bits per heavy atom. The summed E-state index contributed by atoms with van der Waals surface area (Å²) in [6.45, 7) is 1.86. The molecule has 30 heavy (non-hydrogen) atoms. The Morgan fingerprint density at radius 3 is 2.60 bits per heavy atom. The van der Waals surface area contributed by atoms with Gasteiger partial charge in [0.25, 0.3) is 5.91 Å². The molecule has 1 atom stereocenters. The van der Waals surface area contributed by atoms with Crippen LogP contribution in [0.4, 0.5) is 0 Å². The smallest absolute Gasteiger partial charge is 0.258 e. The van der Waals surface area contributed by atoms with Crippen molar-refractivity contribution in [3.05, 3.63) is 59.4 Å². The molecular formula is C22H27N3O4S. The molecule has 0 radical (unpaired) electrons. The largest absolute Gasteiger partial charge is 0.438 e. The first kappa shape index (κ1) is 22.0. The van der Waals surface area contributed by atoms with Gasteiger partial charge in [0, 0.05) is 29.8 Å². The van der Waals surface area contributed by atoms with Crippen molar-refractivity contribution in [3.63, 3.8) is 0 Å². The summed E-state index contributed by atoms with van der Waals surface area (Å²) in [7, 11) is -3.27. The van der Waals surface area contributed by atoms with Gasteiger partial charge in [0.1, 0.15) is 17.1 Å². The van der Waals surface area contributed by atoms with Crippen LogP contribution in [0, 0.1) is 0 Å². The molecule has 0 unspecified atom stereocenters. The number of ether oxygens (including phenoxy) is 1. The monoisotopic (exact) mass is 429 g/mol. The molecule has 1 saturated carbocycles. The lowest BCUT2D eigenvalue weighted by atomic mass is 10.1. The fraction of sp³-hybridized carbons (Fsp3) is 0.409. The van der Waals surface area contributed by atoms with Gasteiger partial charge >= 0.3 is 0 Å². The Labute approximate surface area is 177 Å². The van der Waals surface area contributed by atoms with Gasteiger partial charge in [-0.25, -0.2) is 13.4 Å². The maximum absolute atomic E-state index is 12.9. The molecular weight excluding hydrogens is 402 g/mol. The van der Waals surface area contributed by atoms with E-state index in [-0.39, 0.29) is 17.4 Å². The Hall–Kier alpha value is -2.74. The minimum atomic E-state index is -3.27. The van der Waals surface area contributed by atoms with Crippen LogP contribution >= 0.6 is 0 Å². The van der Waals surface area contributed by atoms with Crippen molar-refractivity contribution in [3.8, 4) is 11.6 Å². The van der Waals surface area contributed by atoms with Crippen LogP contribution in [0.5, 0.6) is 11.6 Å². The van der Waals surface area contributed by atoms with Gasteiger partial charge in [-0.2, -0.15) is 4.98 Å². The molecule has 1 aliphatic carbocycles. The van der Waals surface area contributed by atoms with Crippen LogP contribution in [0.25, 0.3) is 0 Å². The number of para-hydroxylation sites is 1. The number of nitrogens with one attached hydrogen (secondary N) is 1. The van der Waals surface area contributed by atoms with Crippen molar-refractivity contribution in [2.75, 3.05) is 6.26 Å². The van der Waals surface area contributed by atoms with Crippen molar-refractivity contribution >= 4 is 15.7 Å². The van der Waals surface area contributed by atoms with Crippen molar-refractivity contribution in [1.82, 2.24) is 15.3 Å². The summed E-state index contributed by atoms with van der Waals surface area (Å²) in [6, 6.07) is 8.72. The summed E-state index contributed by atoms with van der Waals surface area (Å²) in [5.41, 5.74) is 0.215. The first-order chi connectivity index (χ1) is 14.4. The van der Waals surface area contributed by atoms with Gasteiger partial charge in [-0.15, -0.1) is 0 Å². The minimum absolute atomic E-state index is 0.206. The molecule has 1 amide bonds. The number of amides is 1. The van der Waals surface area contributed by atoms with Crippen LogP contribution in [0.15, 0.2) is 48.0 Å². The summed E-state index contributed by atoms with van der Waals surface area (Å²) < 4.78 is 28.7. The van der Waals surface area contributed by atoms with E-state index in [0.29, 0.717) is 18.0 Å². The third kappa shape index (κ3) is 6.13. The van der Waals surface area contributed by atoms with Gasteiger partial charge in [0.2, 0.25) is 5.88 Å². The number of nitrogens with zero attached hydrogens (tertiary/aromatic N) is 2. The number of aromatic nitrogens is 2. The fourth-order valence-corrected chi connectivity index (χ4v) is 3.84. The molecule has 1 aromatic heterocycles. The average molecular weight is 430 g/mol. The molecule has 1 heterocycles. The van der Waals surface area contributed by atoms with Crippen LogP contribution < -0.4 is 10.1 Å². The SMILES string of the molecule is CC[C@@H](/C=C/S(C)(=O)=O)NC(=O)c1cnc(C2CCCC2)nc1Oc1ccccc1. The molecule has 3 rings (SSSR count). The minimum Gasteiger partial charge on any atom is -0.438 e. The second-order valence-electron chi connectivity index (χ2n) is 7.49. The standard InChI is InChI=1S/C22H27N3O4S/c1-3-17(13-14-30(2,27)28)24-21(26)19-15-23-20(16-9-7-8-10-16)25-22(19)29-18-11-5-4-6-12-18/h4-6,11-17H,3,7-10H2,1-2H3,(H,24,26)/b14-13+/t17-/m0/s1. The highest BCUT2D eigenvalue weighted by Crippen LogP contribution is 2.34. The Bertz CT molecular complexity index is 1000. The van der Waals surface area contributed by atoms with E-state index < -0.39 is 21.8 Å². The lowest BCUT2D eigenvalue weighted by Gasteiger charge is -2.16. The van der Waals surface area contributed by atoms with Crippen LogP contribution in [0.1, 0.15) is 61.1 Å². The number of hydrogen-bond donors (Lipinski definition) is 1. The molecule has 1 N–H and O–H groups in total. The highest BCUT2D eigenvalue weighted by atomic mass is 32.2. The average Bonchev–Trinajstić information content (AvgIpc) is 3.26. The van der Waals surface area contributed by atoms with E-state index in [9.17, 15) is 13.2 Å². The van der Waals surface area contributed by atoms with E-state index in [4.69, 9.17) is 4.74 Å². The van der Waals surface area contributed by atoms with E-state index in [0.717, 1.165) is 37.3 Å². The maximum atomic E-state index is 12.9. The summed E-state index contributed by atoms with van der Waals surface area (Å²) in [4.78, 5) is 21.9. The van der Waals surface area contributed by atoms with E-state index in [1.807, 2.05) is 25.1 Å². The first-order valence-electron chi connectivity index (χ1n) is 10.1. The zero-order valence-electron chi connectivity index (χ0n) is 17.2. The van der Waals surface area contributed by atoms with Crippen LogP contribution in [0.3, 0.4) is 0 Å². The van der Waals surface area contributed by atoms with Gasteiger partial charge in [0.15, 0.2) is 9.84 Å². The zero-order valence-corrected chi connectivity index (χ0v) is 18.1. The molecule has 8 heteroatoms. The predicted octanol–water partition coefficient (Wildman–Crippen LogP) is 3.99. The summed E-state index contributed by atoms with van der Waals surface area (Å²) in [5, 5.41) is 3.92. The van der Waals surface area contributed by atoms with E-state index in [1.54, 1.807) is 12.1 Å². The van der Waals surface area contributed by atoms with E-state index in [2.05, 4.69) is 15.3 Å². The van der Waals surface area contributed by atoms with Gasteiger partial charge in [0.05, 0.1) is 0 Å². The molecule has 7 nitrogen and oxygen atoms in total. The lowest BCUT2D eigenvalue weighted by molar-refractivity contribution is 0.0940. The Morgan fingerprint density at radius 1 is 1.27 bits per heavy atom. The van der Waals surface area contributed by atoms with Crippen molar-refractivity contribution in [1.29, 1.82) is 0 Å². The van der Waals surface area contributed by atoms with Crippen molar-refractivity contribution in [2.45, 2.75) is 51.0 Å². The first-order valence-corrected chi connectivity index (χ1v) is 12.1. The highest BCUT2D eigenvalue weighted by molar-refractivity contribution is 7.93. The Balaban J connectivity index is 1.87. The van der Waals surface area contributed by atoms with Crippen LogP contribution in [0.2, 0.25) is 0 Å². The van der Waals surface area contributed by atoms with Crippen LogP contribution in [-0.4, -0.2) is 36.6 Å². The predicted molar refractivity (Wildman–Crippen MR) is 115 cm³/mol. The Kier molecular flexibility index (Phi) is 7.20. The molecule has 160 valence electrons. The number of sulfone groups is 1. The van der Waals surface area contributed by atoms with Gasteiger partial charge < -0.3 is 10.1 Å². The van der Waals surface area contributed by atoms with Gasteiger partial charge in [-0.1, -0.05) is 44.0 Å². The van der Waals surface area contributed by atoms with Crippen LogP contribution in [-0.2, 0) is 9.84 Å². The summed E-state index contributed by atoms with van der Waals surface area (Å²) >= 11 is 0. The quantitative estimate of drug-likeness (QED) is 0.681. The topological polar surface area (TPSA) is 98.2 Å². The normalized spacial score (nSPS) is 15.9. The summed E-state index contributed by atoms with van der Waals surface area (Å²) in [5.74, 6) is 1.34. The molecule has 1 fully saturated rings. The number of carbonyl (C=O) groups excluding carboxylic acids is 1. The third-order valence-corrected chi connectivity index (χ3v) is 5.66. The second kappa shape index (κ2) is 9.84. The number of benzene rings is 1. The van der Waals surface area contributed by atoms with E-state index in [1.165, 1.54) is 12.3 Å². The molecule has 0 aliphatic heterocycles. The zero-order chi connectivity index (χ0) is 21.6. The molecule has 2 aromatic rings. The van der Waals surface area contributed by atoms with Gasteiger partial charge in [-0.3, -0.25) is 4.79 Å². The third-order valence-electron chi connectivity index (χ3n) is 5.01. The molecule has 0 saturated heterocycles. The van der Waals surface area contributed by atoms with Gasteiger partial charge in [-0.05, 0) is 31.4 Å². The highest BCUT2D eigenvalue weighted by Gasteiger charge is 2.24.